The van der Waals surface area contributed by atoms with E-state index in [1.807, 2.05) is 30.3 Å². The van der Waals surface area contributed by atoms with Crippen LogP contribution in [0.1, 0.15) is 1.37 Å². The van der Waals surface area contributed by atoms with Crippen molar-refractivity contribution in [1.29, 1.82) is 0 Å². The lowest BCUT2D eigenvalue weighted by Gasteiger charge is -1.83. The van der Waals surface area contributed by atoms with Crippen molar-refractivity contribution in [3.63, 3.8) is 0 Å². The Morgan fingerprint density at radius 2 is 2.11 bits per heavy atom. The minimum Gasteiger partial charge on any atom is -0.361 e. The Balaban J connectivity index is 2.88. The van der Waals surface area contributed by atoms with Crippen LogP contribution in [-0.2, 0) is 0 Å². The van der Waals surface area contributed by atoms with Crippen LogP contribution in [-0.4, -0.2) is 4.98 Å². The molecule has 44 valence electrons. The van der Waals surface area contributed by atoms with E-state index in [1.165, 1.54) is 0 Å². The maximum Gasteiger partial charge on any atom is 0.0816 e. The van der Waals surface area contributed by atoms with Crippen molar-refractivity contribution in [2.24, 2.45) is 0 Å². The Bertz CT molecular complexity index is 318. The summed E-state index contributed by atoms with van der Waals surface area (Å²) in [5.74, 6) is 0. The van der Waals surface area contributed by atoms with Gasteiger partial charge in [-0.3, -0.25) is 0 Å². The molecule has 2 rings (SSSR count). The molecule has 1 heterocycles. The van der Waals surface area contributed by atoms with Gasteiger partial charge in [0.1, 0.15) is 0 Å². The van der Waals surface area contributed by atoms with E-state index < -0.39 is 0 Å². The Morgan fingerprint density at radius 1 is 1.22 bits per heavy atom. The number of rotatable bonds is 0. The highest BCUT2D eigenvalue weighted by Gasteiger charge is 1.86. The van der Waals surface area contributed by atoms with E-state index in [4.69, 9.17) is 1.37 Å². The van der Waals surface area contributed by atoms with E-state index >= 15 is 0 Å². The van der Waals surface area contributed by atoms with E-state index in [9.17, 15) is 0 Å². The van der Waals surface area contributed by atoms with Gasteiger partial charge in [0.2, 0.25) is 0 Å². The summed E-state index contributed by atoms with van der Waals surface area (Å²) in [6.45, 7) is 0. The average Bonchev–Trinajstić information content (AvgIpc) is 2.27. The number of hydrogen-bond donors (Lipinski definition) is 1. The Morgan fingerprint density at radius 3 is 3.00 bits per heavy atom. The predicted molar refractivity (Wildman–Crippen MR) is 38.3 cm³/mol. The summed E-state index contributed by atoms with van der Waals surface area (Å²) in [4.78, 5) is 2.93. The molecule has 0 saturated carbocycles. The van der Waals surface area contributed by atoms with Crippen LogP contribution in [0.15, 0.2) is 36.5 Å². The summed E-state index contributed by atoms with van der Waals surface area (Å²) >= 11 is 0. The fraction of sp³-hybridized carbons (Fsp3) is 0. The molecule has 1 heteroatoms. The van der Waals surface area contributed by atoms with Crippen molar-refractivity contribution in [2.45, 2.75) is 0 Å². The molecule has 0 spiro atoms. The second-order valence-corrected chi connectivity index (χ2v) is 2.00. The molecular formula is C8H7N. The Kier molecular flexibility index (Phi) is 0.671. The van der Waals surface area contributed by atoms with Crippen LogP contribution < -0.4 is 0 Å². The first kappa shape index (κ1) is 3.72. The molecule has 0 unspecified atom stereocenters. The van der Waals surface area contributed by atoms with Gasteiger partial charge in [-0.1, -0.05) is 18.2 Å². The minimum atomic E-state index is 0.473. The van der Waals surface area contributed by atoms with Crippen molar-refractivity contribution < 1.29 is 1.37 Å². The molecule has 1 aromatic carbocycles. The number of H-pyrrole nitrogens is 1. The highest BCUT2D eigenvalue weighted by Crippen LogP contribution is 2.09. The number of benzene rings is 1. The van der Waals surface area contributed by atoms with Gasteiger partial charge in [0.05, 0.1) is 1.37 Å². The van der Waals surface area contributed by atoms with Gasteiger partial charge in [-0.2, -0.15) is 0 Å². The number of aromatic amines is 1. The molecule has 0 bridgehead atoms. The normalized spacial score (nSPS) is 11.8. The summed E-state index contributed by atoms with van der Waals surface area (Å²) < 4.78 is 7.27. The molecule has 2 aromatic rings. The van der Waals surface area contributed by atoms with Crippen molar-refractivity contribution in [3.8, 4) is 0 Å². The second-order valence-electron chi connectivity index (χ2n) is 2.00. The first-order chi connectivity index (χ1) is 4.86. The highest BCUT2D eigenvalue weighted by molar-refractivity contribution is 5.78. The van der Waals surface area contributed by atoms with Gasteiger partial charge in [-0.25, -0.2) is 0 Å². The predicted octanol–water partition coefficient (Wildman–Crippen LogP) is 2.17. The third-order valence-corrected chi connectivity index (χ3v) is 1.40. The number of nitrogens with one attached hydrogen (secondary N) is 1. The molecule has 9 heavy (non-hydrogen) atoms. The van der Waals surface area contributed by atoms with E-state index in [2.05, 4.69) is 4.98 Å². The van der Waals surface area contributed by atoms with Gasteiger partial charge in [-0.05, 0) is 17.5 Å². The zero-order chi connectivity index (χ0) is 6.97. The van der Waals surface area contributed by atoms with E-state index in [-0.39, 0.29) is 0 Å². The molecule has 0 saturated heterocycles. The van der Waals surface area contributed by atoms with Gasteiger partial charge in [0.25, 0.3) is 0 Å². The van der Waals surface area contributed by atoms with Crippen LogP contribution in [0.4, 0.5) is 0 Å². The number of hydrogen-bond acceptors (Lipinski definition) is 0. The van der Waals surface area contributed by atoms with Crippen LogP contribution in [0, 0.1) is 0 Å². The zero-order valence-electron chi connectivity index (χ0n) is 5.89. The topological polar surface area (TPSA) is 15.8 Å². The fourth-order valence-corrected chi connectivity index (χ4v) is 0.928. The summed E-state index contributed by atoms with van der Waals surface area (Å²) in [7, 11) is 0. The third kappa shape index (κ3) is 0.617. The van der Waals surface area contributed by atoms with Crippen molar-refractivity contribution in [3.05, 3.63) is 36.5 Å². The Hall–Kier alpha value is -1.24. The maximum atomic E-state index is 7.27. The summed E-state index contributed by atoms with van der Waals surface area (Å²) in [5, 5.41) is 1.10. The quantitative estimate of drug-likeness (QED) is 0.547. The lowest BCUT2D eigenvalue weighted by Crippen LogP contribution is -1.61. The standard InChI is InChI=1S/C8H7N/c1-2-4-8-7(3-1)5-6-9-8/h1-6,9H/i6T. The molecule has 0 fully saturated rings. The number of fused-ring (bicyclic) bond motifs is 1. The lowest BCUT2D eigenvalue weighted by molar-refractivity contribution is 1.48. The molecule has 0 atom stereocenters. The van der Waals surface area contributed by atoms with Crippen LogP contribution >= 0.6 is 0 Å². The first-order valence-electron chi connectivity index (χ1n) is 3.40. The molecule has 0 aliphatic heterocycles. The SMILES string of the molecule is [3H]c1cc2ccccc2[nH]1. The van der Waals surface area contributed by atoms with Crippen LogP contribution in [0.2, 0.25) is 0 Å². The zero-order valence-corrected chi connectivity index (χ0v) is 4.89. The van der Waals surface area contributed by atoms with Crippen molar-refractivity contribution in [1.82, 2.24) is 4.98 Å². The second kappa shape index (κ2) is 1.62. The lowest BCUT2D eigenvalue weighted by atomic mass is 10.3. The summed E-state index contributed by atoms with van der Waals surface area (Å²) in [6, 6.07) is 9.69. The molecule has 1 aromatic heterocycles. The third-order valence-electron chi connectivity index (χ3n) is 1.40. The maximum absolute atomic E-state index is 7.27. The van der Waals surface area contributed by atoms with Gasteiger partial charge >= 0.3 is 0 Å². The van der Waals surface area contributed by atoms with Gasteiger partial charge < -0.3 is 4.98 Å². The van der Waals surface area contributed by atoms with Crippen molar-refractivity contribution in [2.75, 3.05) is 0 Å². The number of aromatic nitrogens is 1. The van der Waals surface area contributed by atoms with Crippen LogP contribution in [0.5, 0.6) is 0 Å². The first-order valence-corrected chi connectivity index (χ1v) is 2.90. The van der Waals surface area contributed by atoms with E-state index in [1.54, 1.807) is 0 Å². The summed E-state index contributed by atoms with van der Waals surface area (Å²) in [6.07, 6.45) is 0.473. The Labute approximate surface area is 54.7 Å². The largest absolute Gasteiger partial charge is 0.361 e. The fourth-order valence-electron chi connectivity index (χ4n) is 0.928. The molecule has 1 nitrogen and oxygen atoms in total. The van der Waals surface area contributed by atoms with Gasteiger partial charge in [0, 0.05) is 11.7 Å². The number of para-hydroxylation sites is 1. The molecule has 1 N–H and O–H groups in total. The van der Waals surface area contributed by atoms with Crippen LogP contribution in [0.3, 0.4) is 0 Å². The highest BCUT2D eigenvalue weighted by atomic mass is 14.6. The molecule has 0 aliphatic rings. The van der Waals surface area contributed by atoms with Crippen molar-refractivity contribution >= 4 is 10.9 Å². The average molecular weight is 119 g/mol. The van der Waals surface area contributed by atoms with E-state index in [0.29, 0.717) is 6.17 Å². The molecular weight excluding hydrogens is 110 g/mol. The molecule has 0 aliphatic carbocycles. The van der Waals surface area contributed by atoms with E-state index in [0.717, 1.165) is 10.9 Å². The molecule has 0 amide bonds. The molecule has 0 radical (unpaired) electrons. The van der Waals surface area contributed by atoms with Crippen LogP contribution in [0.25, 0.3) is 10.9 Å². The van der Waals surface area contributed by atoms with Gasteiger partial charge in [0.15, 0.2) is 0 Å². The smallest absolute Gasteiger partial charge is 0.0816 e. The minimum absolute atomic E-state index is 0.473. The van der Waals surface area contributed by atoms with Gasteiger partial charge in [-0.15, -0.1) is 0 Å². The monoisotopic (exact) mass is 119 g/mol. The summed E-state index contributed by atoms with van der Waals surface area (Å²) in [5.41, 5.74) is 1.03.